The molecule has 4 nitrogen and oxygen atoms in total. The smallest absolute Gasteiger partial charge is 0.191 e. The van der Waals surface area contributed by atoms with E-state index in [4.69, 9.17) is 0 Å². The molecule has 0 amide bonds. The van der Waals surface area contributed by atoms with Crippen molar-refractivity contribution in [2.75, 3.05) is 23.9 Å². The van der Waals surface area contributed by atoms with Crippen molar-refractivity contribution in [2.45, 2.75) is 12.1 Å². The highest BCUT2D eigenvalue weighted by atomic mass is 79.9. The molecule has 19 heavy (non-hydrogen) atoms. The third-order valence-electron chi connectivity index (χ3n) is 2.53. The molecule has 2 N–H and O–H groups in total. The molecule has 0 spiro atoms. The first kappa shape index (κ1) is 14.1. The molecule has 0 aliphatic rings. The van der Waals surface area contributed by atoms with Gasteiger partial charge < -0.3 is 10.6 Å². The van der Waals surface area contributed by atoms with Gasteiger partial charge in [0.05, 0.1) is 5.69 Å². The van der Waals surface area contributed by atoms with Gasteiger partial charge in [0.15, 0.2) is 5.16 Å². The van der Waals surface area contributed by atoms with Crippen LogP contribution in [0.15, 0.2) is 33.9 Å². The van der Waals surface area contributed by atoms with Gasteiger partial charge in [0.2, 0.25) is 0 Å². The van der Waals surface area contributed by atoms with Gasteiger partial charge in [-0.15, -0.1) is 0 Å². The lowest BCUT2D eigenvalue weighted by Gasteiger charge is -2.11. The Morgan fingerprint density at radius 2 is 1.89 bits per heavy atom. The van der Waals surface area contributed by atoms with Gasteiger partial charge >= 0.3 is 0 Å². The summed E-state index contributed by atoms with van der Waals surface area (Å²) in [5.74, 6) is 1.57. The van der Waals surface area contributed by atoms with Gasteiger partial charge in [-0.05, 0) is 46.8 Å². The predicted octanol–water partition coefficient (Wildman–Crippen LogP) is 4.05. The normalized spacial score (nSPS) is 10.3. The second-order valence-corrected chi connectivity index (χ2v) is 5.61. The van der Waals surface area contributed by atoms with E-state index in [1.54, 1.807) is 0 Å². The predicted molar refractivity (Wildman–Crippen MR) is 85.5 cm³/mol. The molecule has 100 valence electrons. The topological polar surface area (TPSA) is 49.8 Å². The quantitative estimate of drug-likeness (QED) is 0.650. The molecule has 0 aliphatic heterocycles. The third kappa shape index (κ3) is 3.61. The summed E-state index contributed by atoms with van der Waals surface area (Å²) in [4.78, 5) is 8.79. The minimum Gasteiger partial charge on any atom is -0.373 e. The Bertz CT molecular complexity index is 567. The zero-order chi connectivity index (χ0) is 13.8. The number of aromatic nitrogens is 2. The van der Waals surface area contributed by atoms with Crippen LogP contribution in [0.4, 0.5) is 17.3 Å². The molecular formula is C13H15BrN4S. The summed E-state index contributed by atoms with van der Waals surface area (Å²) in [6.07, 6.45) is 1.96. The number of thioether (sulfide) groups is 1. The number of rotatable bonds is 4. The zero-order valence-corrected chi connectivity index (χ0v) is 13.4. The molecule has 0 aliphatic carbocycles. The van der Waals surface area contributed by atoms with Gasteiger partial charge in [0, 0.05) is 17.6 Å². The van der Waals surface area contributed by atoms with Crippen LogP contribution < -0.4 is 10.6 Å². The Kier molecular flexibility index (Phi) is 4.66. The molecule has 1 heterocycles. The van der Waals surface area contributed by atoms with Gasteiger partial charge in [-0.3, -0.25) is 0 Å². The first-order valence-corrected chi connectivity index (χ1v) is 7.78. The number of anilines is 3. The van der Waals surface area contributed by atoms with E-state index in [9.17, 15) is 0 Å². The lowest BCUT2D eigenvalue weighted by Crippen LogP contribution is -2.01. The van der Waals surface area contributed by atoms with Crippen molar-refractivity contribution < 1.29 is 0 Å². The van der Waals surface area contributed by atoms with Gasteiger partial charge in [0.1, 0.15) is 11.6 Å². The summed E-state index contributed by atoms with van der Waals surface area (Å²) >= 11 is 5.05. The number of nitrogens with one attached hydrogen (secondary N) is 2. The van der Waals surface area contributed by atoms with Crippen molar-refractivity contribution in [3.8, 4) is 0 Å². The summed E-state index contributed by atoms with van der Waals surface area (Å²) in [5, 5.41) is 7.08. The molecule has 0 saturated heterocycles. The number of halogens is 1. The van der Waals surface area contributed by atoms with Crippen LogP contribution in [0.1, 0.15) is 5.56 Å². The summed E-state index contributed by atoms with van der Waals surface area (Å²) in [6.45, 7) is 2.06. The molecule has 0 unspecified atom stereocenters. The molecule has 1 aromatic heterocycles. The Labute approximate surface area is 125 Å². The minimum absolute atomic E-state index is 0.734. The Morgan fingerprint density at radius 1 is 1.16 bits per heavy atom. The van der Waals surface area contributed by atoms with Crippen LogP contribution in [0.2, 0.25) is 0 Å². The maximum Gasteiger partial charge on any atom is 0.191 e. The highest BCUT2D eigenvalue weighted by molar-refractivity contribution is 9.10. The lowest BCUT2D eigenvalue weighted by atomic mass is 10.2. The number of aryl methyl sites for hydroxylation is 1. The van der Waals surface area contributed by atoms with Crippen molar-refractivity contribution in [2.24, 2.45) is 0 Å². The fourth-order valence-electron chi connectivity index (χ4n) is 1.58. The van der Waals surface area contributed by atoms with Crippen molar-refractivity contribution in [3.05, 3.63) is 34.3 Å². The molecular weight excluding hydrogens is 324 g/mol. The second-order valence-electron chi connectivity index (χ2n) is 3.98. The number of hydrogen-bond acceptors (Lipinski definition) is 5. The monoisotopic (exact) mass is 338 g/mol. The molecule has 0 saturated carbocycles. The largest absolute Gasteiger partial charge is 0.373 e. The van der Waals surface area contributed by atoms with Crippen LogP contribution >= 0.6 is 27.7 Å². The molecule has 2 aromatic rings. The van der Waals surface area contributed by atoms with Crippen molar-refractivity contribution in [1.82, 2.24) is 9.97 Å². The van der Waals surface area contributed by atoms with Crippen molar-refractivity contribution in [3.63, 3.8) is 0 Å². The first-order chi connectivity index (χ1) is 9.12. The molecule has 1 aromatic carbocycles. The fourth-order valence-corrected chi connectivity index (χ4v) is 2.31. The van der Waals surface area contributed by atoms with Crippen LogP contribution in [0.25, 0.3) is 0 Å². The minimum atomic E-state index is 0.734. The Morgan fingerprint density at radius 3 is 2.58 bits per heavy atom. The van der Waals surface area contributed by atoms with E-state index in [-0.39, 0.29) is 0 Å². The highest BCUT2D eigenvalue weighted by Gasteiger charge is 2.06. The average Bonchev–Trinajstić information content (AvgIpc) is 2.42. The maximum absolute atomic E-state index is 4.45. The van der Waals surface area contributed by atoms with E-state index in [0.717, 1.165) is 27.0 Å². The van der Waals surface area contributed by atoms with Gasteiger partial charge in [-0.2, -0.15) is 0 Å². The van der Waals surface area contributed by atoms with E-state index in [2.05, 4.69) is 55.6 Å². The van der Waals surface area contributed by atoms with Crippen molar-refractivity contribution in [1.29, 1.82) is 0 Å². The standard InChI is InChI=1S/C13H15BrN4S/c1-8-4-5-9(14)10(6-8)16-12-7-11(15-2)17-13(18-12)19-3/h4-7H,1-3H3,(H2,15,16,17,18). The van der Waals surface area contributed by atoms with Gasteiger partial charge in [0.25, 0.3) is 0 Å². The molecule has 0 radical (unpaired) electrons. The fraction of sp³-hybridized carbons (Fsp3) is 0.231. The number of nitrogens with zero attached hydrogens (tertiary/aromatic N) is 2. The van der Waals surface area contributed by atoms with Crippen LogP contribution in [-0.2, 0) is 0 Å². The van der Waals surface area contributed by atoms with Crippen molar-refractivity contribution >= 4 is 45.0 Å². The van der Waals surface area contributed by atoms with Crippen LogP contribution in [0.3, 0.4) is 0 Å². The molecule has 2 rings (SSSR count). The van der Waals surface area contributed by atoms with E-state index >= 15 is 0 Å². The van der Waals surface area contributed by atoms with E-state index < -0.39 is 0 Å². The van der Waals surface area contributed by atoms with E-state index in [1.165, 1.54) is 17.3 Å². The Hall–Kier alpha value is -1.27. The maximum atomic E-state index is 4.45. The second kappa shape index (κ2) is 6.25. The average molecular weight is 339 g/mol. The highest BCUT2D eigenvalue weighted by Crippen LogP contribution is 2.27. The molecule has 0 atom stereocenters. The van der Waals surface area contributed by atoms with Gasteiger partial charge in [-0.25, -0.2) is 9.97 Å². The van der Waals surface area contributed by atoms with Crippen LogP contribution in [-0.4, -0.2) is 23.3 Å². The van der Waals surface area contributed by atoms with Crippen LogP contribution in [0, 0.1) is 6.92 Å². The SMILES string of the molecule is CNc1cc(Nc2cc(C)ccc2Br)nc(SC)n1. The molecule has 6 heteroatoms. The molecule has 0 bridgehead atoms. The summed E-state index contributed by atoms with van der Waals surface area (Å²) in [6, 6.07) is 8.04. The summed E-state index contributed by atoms with van der Waals surface area (Å²) in [7, 11) is 1.85. The van der Waals surface area contributed by atoms with E-state index in [1.807, 2.05) is 25.4 Å². The molecule has 0 fully saturated rings. The van der Waals surface area contributed by atoms with E-state index in [0.29, 0.717) is 0 Å². The summed E-state index contributed by atoms with van der Waals surface area (Å²) < 4.78 is 1.01. The number of hydrogen-bond donors (Lipinski definition) is 2. The zero-order valence-electron chi connectivity index (χ0n) is 11.0. The Balaban J connectivity index is 2.34. The summed E-state index contributed by atoms with van der Waals surface area (Å²) in [5.41, 5.74) is 2.19. The lowest BCUT2D eigenvalue weighted by molar-refractivity contribution is 0.977. The van der Waals surface area contributed by atoms with Crippen LogP contribution in [0.5, 0.6) is 0 Å². The third-order valence-corrected chi connectivity index (χ3v) is 3.77. The number of benzene rings is 1. The van der Waals surface area contributed by atoms with Gasteiger partial charge in [-0.1, -0.05) is 17.8 Å². The first-order valence-electron chi connectivity index (χ1n) is 5.76.